The summed E-state index contributed by atoms with van der Waals surface area (Å²) in [6, 6.07) is 5.90. The van der Waals surface area contributed by atoms with E-state index in [4.69, 9.17) is 11.6 Å². The Balaban J connectivity index is 1.69. The first-order valence-electron chi connectivity index (χ1n) is 7.73. The Bertz CT molecular complexity index is 488. The number of aliphatic hydroxyl groups excluding tert-OH is 1. The summed E-state index contributed by atoms with van der Waals surface area (Å²) in [6.45, 7) is 2.87. The van der Waals surface area contributed by atoms with Crippen LogP contribution in [0.5, 0.6) is 0 Å². The summed E-state index contributed by atoms with van der Waals surface area (Å²) < 4.78 is 0. The lowest BCUT2D eigenvalue weighted by atomic mass is 9.88. The lowest BCUT2D eigenvalue weighted by Crippen LogP contribution is -2.28. The highest BCUT2D eigenvalue weighted by atomic mass is 35.5. The van der Waals surface area contributed by atoms with Crippen molar-refractivity contribution in [3.63, 3.8) is 0 Å². The van der Waals surface area contributed by atoms with E-state index in [1.54, 1.807) is 6.92 Å². The predicted molar refractivity (Wildman–Crippen MR) is 84.3 cm³/mol. The maximum atomic E-state index is 9.61. The molecule has 0 aromatic heterocycles. The lowest BCUT2D eigenvalue weighted by molar-refractivity contribution is 0.199. The summed E-state index contributed by atoms with van der Waals surface area (Å²) in [4.78, 5) is 2.29. The van der Waals surface area contributed by atoms with Crippen LogP contribution in [-0.4, -0.2) is 18.7 Å². The van der Waals surface area contributed by atoms with Gasteiger partial charge in [0, 0.05) is 13.6 Å². The maximum absolute atomic E-state index is 9.61. The predicted octanol–water partition coefficient (Wildman–Crippen LogP) is 4.27. The molecule has 0 heterocycles. The van der Waals surface area contributed by atoms with Gasteiger partial charge in [0.15, 0.2) is 0 Å². The van der Waals surface area contributed by atoms with Crippen LogP contribution in [0.2, 0.25) is 5.02 Å². The van der Waals surface area contributed by atoms with Crippen LogP contribution >= 0.6 is 11.6 Å². The number of hydrogen-bond acceptors (Lipinski definition) is 2. The minimum absolute atomic E-state index is 0.461. The molecule has 3 unspecified atom stereocenters. The molecule has 1 aromatic carbocycles. The van der Waals surface area contributed by atoms with Crippen molar-refractivity contribution < 1.29 is 5.11 Å². The van der Waals surface area contributed by atoms with Crippen molar-refractivity contribution >= 4 is 17.3 Å². The molecule has 2 aliphatic rings. The molecule has 2 saturated carbocycles. The number of halogens is 1. The Morgan fingerprint density at radius 1 is 1.35 bits per heavy atom. The molecule has 3 rings (SSSR count). The maximum Gasteiger partial charge on any atom is 0.0762 e. The van der Waals surface area contributed by atoms with Crippen molar-refractivity contribution in [2.75, 3.05) is 18.5 Å². The highest BCUT2D eigenvalue weighted by molar-refractivity contribution is 6.33. The molecule has 0 amide bonds. The van der Waals surface area contributed by atoms with Gasteiger partial charge in [0.05, 0.1) is 16.8 Å². The van der Waals surface area contributed by atoms with Gasteiger partial charge in [-0.1, -0.05) is 24.1 Å². The number of aliphatic hydroxyl groups is 1. The molecule has 3 heteroatoms. The fourth-order valence-corrected chi connectivity index (χ4v) is 4.48. The van der Waals surface area contributed by atoms with Gasteiger partial charge in [-0.05, 0) is 61.6 Å². The van der Waals surface area contributed by atoms with Crippen molar-refractivity contribution in [2.24, 2.45) is 17.8 Å². The van der Waals surface area contributed by atoms with Crippen LogP contribution in [0.15, 0.2) is 18.2 Å². The van der Waals surface area contributed by atoms with E-state index in [0.29, 0.717) is 0 Å². The summed E-state index contributed by atoms with van der Waals surface area (Å²) in [6.07, 6.45) is 5.27. The molecular weight excluding hydrogens is 270 g/mol. The first-order chi connectivity index (χ1) is 9.54. The van der Waals surface area contributed by atoms with Gasteiger partial charge < -0.3 is 10.0 Å². The Morgan fingerprint density at radius 3 is 2.70 bits per heavy atom. The van der Waals surface area contributed by atoms with Gasteiger partial charge in [-0.15, -0.1) is 0 Å². The third-order valence-corrected chi connectivity index (χ3v) is 5.56. The van der Waals surface area contributed by atoms with Crippen LogP contribution < -0.4 is 4.90 Å². The third kappa shape index (κ3) is 2.68. The molecule has 0 radical (unpaired) electrons. The highest BCUT2D eigenvalue weighted by Gasteiger charge is 2.39. The minimum atomic E-state index is -0.461. The highest BCUT2D eigenvalue weighted by Crippen LogP contribution is 2.48. The number of anilines is 1. The quantitative estimate of drug-likeness (QED) is 0.896. The van der Waals surface area contributed by atoms with Gasteiger partial charge in [-0.3, -0.25) is 0 Å². The standard InChI is InChI=1S/C17H24ClNO/c1-11(20)13-5-6-17(16(18)9-13)19(2)10-15-8-12-3-4-14(15)7-12/h5-6,9,11-12,14-15,20H,3-4,7-8,10H2,1-2H3/t11-,12?,14?,15?/m0/s1. The van der Waals surface area contributed by atoms with E-state index in [1.165, 1.54) is 25.7 Å². The first kappa shape index (κ1) is 14.2. The topological polar surface area (TPSA) is 23.5 Å². The molecule has 1 aromatic rings. The summed E-state index contributed by atoms with van der Waals surface area (Å²) in [5.41, 5.74) is 1.96. The molecule has 0 saturated heterocycles. The minimum Gasteiger partial charge on any atom is -0.389 e. The first-order valence-corrected chi connectivity index (χ1v) is 8.11. The molecule has 0 spiro atoms. The van der Waals surface area contributed by atoms with Gasteiger partial charge in [-0.2, -0.15) is 0 Å². The van der Waals surface area contributed by atoms with Crippen LogP contribution in [0, 0.1) is 17.8 Å². The molecule has 4 atom stereocenters. The fraction of sp³-hybridized carbons (Fsp3) is 0.647. The summed E-state index contributed by atoms with van der Waals surface area (Å²) >= 11 is 6.38. The van der Waals surface area contributed by atoms with Crippen molar-refractivity contribution in [2.45, 2.75) is 38.7 Å². The zero-order valence-corrected chi connectivity index (χ0v) is 13.1. The molecular formula is C17H24ClNO. The molecule has 0 aliphatic heterocycles. The average Bonchev–Trinajstić information content (AvgIpc) is 3.00. The van der Waals surface area contributed by atoms with Crippen molar-refractivity contribution in [1.82, 2.24) is 0 Å². The smallest absolute Gasteiger partial charge is 0.0762 e. The monoisotopic (exact) mass is 293 g/mol. The van der Waals surface area contributed by atoms with Crippen LogP contribution in [0.4, 0.5) is 5.69 Å². The lowest BCUT2D eigenvalue weighted by Gasteiger charge is -2.29. The second kappa shape index (κ2) is 5.57. The Labute approximate surface area is 126 Å². The Hall–Kier alpha value is -0.730. The molecule has 20 heavy (non-hydrogen) atoms. The molecule has 2 bridgehead atoms. The zero-order valence-electron chi connectivity index (χ0n) is 12.3. The number of rotatable bonds is 4. The summed E-state index contributed by atoms with van der Waals surface area (Å²) in [7, 11) is 2.13. The Kier molecular flexibility index (Phi) is 3.96. The van der Waals surface area contributed by atoms with Gasteiger partial charge in [0.2, 0.25) is 0 Å². The molecule has 2 fully saturated rings. The van der Waals surface area contributed by atoms with E-state index in [0.717, 1.165) is 40.6 Å². The largest absolute Gasteiger partial charge is 0.389 e. The van der Waals surface area contributed by atoms with Gasteiger partial charge in [0.25, 0.3) is 0 Å². The normalized spacial score (nSPS) is 29.7. The molecule has 1 N–H and O–H groups in total. The van der Waals surface area contributed by atoms with Crippen LogP contribution in [0.25, 0.3) is 0 Å². The number of fused-ring (bicyclic) bond motifs is 2. The van der Waals surface area contributed by atoms with Gasteiger partial charge in [0.1, 0.15) is 0 Å². The van der Waals surface area contributed by atoms with E-state index in [9.17, 15) is 5.11 Å². The van der Waals surface area contributed by atoms with E-state index in [1.807, 2.05) is 18.2 Å². The zero-order chi connectivity index (χ0) is 14.3. The van der Waals surface area contributed by atoms with Crippen molar-refractivity contribution in [3.8, 4) is 0 Å². The molecule has 110 valence electrons. The van der Waals surface area contributed by atoms with E-state index in [-0.39, 0.29) is 0 Å². The van der Waals surface area contributed by atoms with Crippen LogP contribution in [0.3, 0.4) is 0 Å². The van der Waals surface area contributed by atoms with Crippen LogP contribution in [0.1, 0.15) is 44.3 Å². The average molecular weight is 294 g/mol. The number of benzene rings is 1. The van der Waals surface area contributed by atoms with Gasteiger partial charge >= 0.3 is 0 Å². The fourth-order valence-electron chi connectivity index (χ4n) is 4.14. The van der Waals surface area contributed by atoms with E-state index >= 15 is 0 Å². The van der Waals surface area contributed by atoms with Crippen LogP contribution in [-0.2, 0) is 0 Å². The Morgan fingerprint density at radius 2 is 2.15 bits per heavy atom. The van der Waals surface area contributed by atoms with Gasteiger partial charge in [-0.25, -0.2) is 0 Å². The molecule has 2 nitrogen and oxygen atoms in total. The number of hydrogen-bond donors (Lipinski definition) is 1. The van der Waals surface area contributed by atoms with Crippen molar-refractivity contribution in [3.05, 3.63) is 28.8 Å². The second-order valence-electron chi connectivity index (χ2n) is 6.70. The van der Waals surface area contributed by atoms with E-state index < -0.39 is 6.10 Å². The van der Waals surface area contributed by atoms with Crippen molar-refractivity contribution in [1.29, 1.82) is 0 Å². The second-order valence-corrected chi connectivity index (χ2v) is 7.11. The number of nitrogens with zero attached hydrogens (tertiary/aromatic N) is 1. The summed E-state index contributed by atoms with van der Waals surface area (Å²) in [5, 5.41) is 10.4. The SMILES string of the molecule is C[C@H](O)c1ccc(N(C)CC2CC3CCC2C3)c(Cl)c1. The van der Waals surface area contributed by atoms with E-state index in [2.05, 4.69) is 11.9 Å². The summed E-state index contributed by atoms with van der Waals surface area (Å²) in [5.74, 6) is 2.77. The third-order valence-electron chi connectivity index (χ3n) is 5.26. The molecule has 2 aliphatic carbocycles.